The van der Waals surface area contributed by atoms with Crippen molar-refractivity contribution in [2.75, 3.05) is 13.2 Å². The highest BCUT2D eigenvalue weighted by Gasteiger charge is 2.07. The van der Waals surface area contributed by atoms with Gasteiger partial charge in [0.1, 0.15) is 12.4 Å². The van der Waals surface area contributed by atoms with Gasteiger partial charge in [-0.3, -0.25) is 10.3 Å². The predicted molar refractivity (Wildman–Crippen MR) is 76.6 cm³/mol. The fourth-order valence-electron chi connectivity index (χ4n) is 2.06. The van der Waals surface area contributed by atoms with E-state index in [4.69, 9.17) is 4.74 Å². The number of benzene rings is 2. The van der Waals surface area contributed by atoms with Gasteiger partial charge >= 0.3 is 0 Å². The monoisotopic (exact) mass is 252 g/mol. The van der Waals surface area contributed by atoms with E-state index in [1.807, 2.05) is 30.3 Å². The van der Waals surface area contributed by atoms with Crippen LogP contribution in [0.3, 0.4) is 0 Å². The van der Waals surface area contributed by atoms with Crippen LogP contribution in [0, 0.1) is 0 Å². The Morgan fingerprint density at radius 3 is 2.47 bits per heavy atom. The molecule has 3 nitrogen and oxygen atoms in total. The molecule has 0 fully saturated rings. The van der Waals surface area contributed by atoms with E-state index in [0.717, 1.165) is 30.2 Å². The van der Waals surface area contributed by atoms with Gasteiger partial charge in [0.2, 0.25) is 0 Å². The molecular weight excluding hydrogens is 236 g/mol. The maximum Gasteiger partial charge on any atom is 0.119 e. The van der Waals surface area contributed by atoms with Crippen LogP contribution in [0.1, 0.15) is 11.1 Å². The normalized spacial score (nSPS) is 14.2. The van der Waals surface area contributed by atoms with Crippen LogP contribution >= 0.6 is 0 Å². The SMILES string of the molecule is c1ccc(COc2ccc(C3=NCNC3)cc2)cc1. The number of nitrogens with one attached hydrogen (secondary N) is 1. The van der Waals surface area contributed by atoms with Crippen molar-refractivity contribution in [2.24, 2.45) is 4.99 Å². The van der Waals surface area contributed by atoms with E-state index in [9.17, 15) is 0 Å². The van der Waals surface area contributed by atoms with Gasteiger partial charge < -0.3 is 4.74 Å². The highest BCUT2D eigenvalue weighted by Crippen LogP contribution is 2.15. The molecule has 2 aromatic rings. The Morgan fingerprint density at radius 1 is 1.00 bits per heavy atom. The van der Waals surface area contributed by atoms with Crippen molar-refractivity contribution >= 4 is 5.71 Å². The summed E-state index contributed by atoms with van der Waals surface area (Å²) in [5.74, 6) is 0.888. The molecule has 1 N–H and O–H groups in total. The first-order valence-corrected chi connectivity index (χ1v) is 6.43. The average molecular weight is 252 g/mol. The van der Waals surface area contributed by atoms with Gasteiger partial charge in [-0.1, -0.05) is 30.3 Å². The Kier molecular flexibility index (Phi) is 3.56. The van der Waals surface area contributed by atoms with Gasteiger partial charge in [-0.25, -0.2) is 0 Å². The molecule has 0 unspecified atom stereocenters. The molecule has 0 radical (unpaired) electrons. The second kappa shape index (κ2) is 5.67. The van der Waals surface area contributed by atoms with Crippen LogP contribution in [0.25, 0.3) is 0 Å². The zero-order valence-corrected chi connectivity index (χ0v) is 10.7. The summed E-state index contributed by atoms with van der Waals surface area (Å²) in [5.41, 5.74) is 3.46. The first-order chi connectivity index (χ1) is 9.42. The summed E-state index contributed by atoms with van der Waals surface area (Å²) in [6, 6.07) is 18.3. The van der Waals surface area contributed by atoms with Gasteiger partial charge in [-0.05, 0) is 35.4 Å². The third-order valence-corrected chi connectivity index (χ3v) is 3.11. The zero-order valence-electron chi connectivity index (χ0n) is 10.7. The fourth-order valence-corrected chi connectivity index (χ4v) is 2.06. The van der Waals surface area contributed by atoms with Gasteiger partial charge in [0.25, 0.3) is 0 Å². The minimum Gasteiger partial charge on any atom is -0.489 e. The molecule has 3 heteroatoms. The number of ether oxygens (including phenoxy) is 1. The Bertz CT molecular complexity index is 561. The summed E-state index contributed by atoms with van der Waals surface area (Å²) in [6.45, 7) is 2.18. The number of rotatable bonds is 4. The summed E-state index contributed by atoms with van der Waals surface area (Å²) in [7, 11) is 0. The largest absolute Gasteiger partial charge is 0.489 e. The molecule has 3 rings (SSSR count). The average Bonchev–Trinajstić information content (AvgIpc) is 3.01. The highest BCUT2D eigenvalue weighted by atomic mass is 16.5. The van der Waals surface area contributed by atoms with Crippen LogP contribution in [-0.4, -0.2) is 18.9 Å². The predicted octanol–water partition coefficient (Wildman–Crippen LogP) is 2.62. The van der Waals surface area contributed by atoms with E-state index < -0.39 is 0 Å². The van der Waals surface area contributed by atoms with Gasteiger partial charge in [0, 0.05) is 6.54 Å². The Morgan fingerprint density at radius 2 is 1.79 bits per heavy atom. The van der Waals surface area contributed by atoms with Crippen LogP contribution in [0.5, 0.6) is 5.75 Å². The summed E-state index contributed by atoms with van der Waals surface area (Å²) in [6.07, 6.45) is 0. The van der Waals surface area contributed by atoms with Gasteiger partial charge in [0.15, 0.2) is 0 Å². The third kappa shape index (κ3) is 3.01. The van der Waals surface area contributed by atoms with E-state index in [2.05, 4.69) is 34.6 Å². The lowest BCUT2D eigenvalue weighted by molar-refractivity contribution is 0.306. The smallest absolute Gasteiger partial charge is 0.119 e. The summed E-state index contributed by atoms with van der Waals surface area (Å²) < 4.78 is 5.75. The molecule has 0 saturated carbocycles. The maximum atomic E-state index is 5.75. The van der Waals surface area contributed by atoms with Crippen LogP contribution in [0.15, 0.2) is 59.6 Å². The second-order valence-electron chi connectivity index (χ2n) is 4.49. The van der Waals surface area contributed by atoms with E-state index >= 15 is 0 Å². The second-order valence-corrected chi connectivity index (χ2v) is 4.49. The van der Waals surface area contributed by atoms with Crippen molar-refractivity contribution in [3.8, 4) is 5.75 Å². The molecule has 19 heavy (non-hydrogen) atoms. The first-order valence-electron chi connectivity index (χ1n) is 6.43. The zero-order chi connectivity index (χ0) is 12.9. The van der Waals surface area contributed by atoms with Gasteiger partial charge in [-0.15, -0.1) is 0 Å². The van der Waals surface area contributed by atoms with E-state index in [1.165, 1.54) is 5.56 Å². The molecule has 0 spiro atoms. The van der Waals surface area contributed by atoms with Gasteiger partial charge in [0.05, 0.1) is 12.4 Å². The lowest BCUT2D eigenvalue weighted by atomic mass is 10.1. The van der Waals surface area contributed by atoms with E-state index in [-0.39, 0.29) is 0 Å². The van der Waals surface area contributed by atoms with Crippen molar-refractivity contribution in [1.82, 2.24) is 5.32 Å². The number of hydrogen-bond acceptors (Lipinski definition) is 3. The molecular formula is C16H16N2O. The maximum absolute atomic E-state index is 5.75. The molecule has 1 aliphatic heterocycles. The topological polar surface area (TPSA) is 33.6 Å². The van der Waals surface area contributed by atoms with E-state index in [0.29, 0.717) is 6.61 Å². The molecule has 96 valence electrons. The van der Waals surface area contributed by atoms with Crippen LogP contribution in [0.4, 0.5) is 0 Å². The van der Waals surface area contributed by atoms with Crippen molar-refractivity contribution in [2.45, 2.75) is 6.61 Å². The van der Waals surface area contributed by atoms with Crippen molar-refractivity contribution in [1.29, 1.82) is 0 Å². The molecule has 0 aliphatic carbocycles. The van der Waals surface area contributed by atoms with Crippen LogP contribution in [0.2, 0.25) is 0 Å². The lowest BCUT2D eigenvalue weighted by Gasteiger charge is -2.07. The lowest BCUT2D eigenvalue weighted by Crippen LogP contribution is -2.13. The Hall–Kier alpha value is -2.13. The van der Waals surface area contributed by atoms with Crippen molar-refractivity contribution in [3.05, 3.63) is 65.7 Å². The molecule has 1 heterocycles. The molecule has 0 aromatic heterocycles. The summed E-state index contributed by atoms with van der Waals surface area (Å²) in [4.78, 5) is 4.39. The summed E-state index contributed by atoms with van der Waals surface area (Å²) in [5, 5.41) is 3.20. The number of hydrogen-bond donors (Lipinski definition) is 1. The van der Waals surface area contributed by atoms with Crippen molar-refractivity contribution < 1.29 is 4.74 Å². The van der Waals surface area contributed by atoms with E-state index in [1.54, 1.807) is 0 Å². The molecule has 2 aromatic carbocycles. The molecule has 0 atom stereocenters. The molecule has 1 aliphatic rings. The fraction of sp³-hybridized carbons (Fsp3) is 0.188. The van der Waals surface area contributed by atoms with Crippen molar-refractivity contribution in [3.63, 3.8) is 0 Å². The third-order valence-electron chi connectivity index (χ3n) is 3.11. The Labute approximate surface area is 113 Å². The standard InChI is InChI=1S/C16H16N2O/c1-2-4-13(5-3-1)11-19-15-8-6-14(7-9-15)16-10-17-12-18-16/h1-9,17H,10-12H2. The molecule has 0 saturated heterocycles. The quantitative estimate of drug-likeness (QED) is 0.907. The van der Waals surface area contributed by atoms with Crippen LogP contribution in [-0.2, 0) is 6.61 Å². The minimum absolute atomic E-state index is 0.600. The van der Waals surface area contributed by atoms with Crippen LogP contribution < -0.4 is 10.1 Å². The number of aliphatic imine (C=N–C) groups is 1. The van der Waals surface area contributed by atoms with Gasteiger partial charge in [-0.2, -0.15) is 0 Å². The minimum atomic E-state index is 0.600. The first kappa shape index (κ1) is 11.9. The highest BCUT2D eigenvalue weighted by molar-refractivity contribution is 6.03. The molecule has 0 bridgehead atoms. The Balaban J connectivity index is 1.63. The molecule has 0 amide bonds. The summed E-state index contributed by atoms with van der Waals surface area (Å²) >= 11 is 0. The number of nitrogens with zero attached hydrogens (tertiary/aromatic N) is 1.